The van der Waals surface area contributed by atoms with Gasteiger partial charge in [0.2, 0.25) is 5.88 Å². The molecule has 1 heterocycles. The summed E-state index contributed by atoms with van der Waals surface area (Å²) in [4.78, 5) is 19.3. The van der Waals surface area contributed by atoms with E-state index in [-0.39, 0.29) is 30.4 Å². The van der Waals surface area contributed by atoms with Gasteiger partial charge in [0.1, 0.15) is 11.7 Å². The molecule has 1 amide bonds. The van der Waals surface area contributed by atoms with Crippen LogP contribution in [0.1, 0.15) is 38.9 Å². The van der Waals surface area contributed by atoms with Crippen molar-refractivity contribution in [3.8, 4) is 11.9 Å². The number of methoxy groups -OCH3 is 2. The molecule has 0 saturated carbocycles. The molecule has 0 aliphatic heterocycles. The van der Waals surface area contributed by atoms with Crippen molar-refractivity contribution in [3.63, 3.8) is 0 Å². The van der Waals surface area contributed by atoms with Crippen molar-refractivity contribution >= 4 is 6.09 Å². The van der Waals surface area contributed by atoms with Gasteiger partial charge in [0.05, 0.1) is 25.9 Å². The van der Waals surface area contributed by atoms with Gasteiger partial charge < -0.3 is 29.7 Å². The number of nitrogens with one attached hydrogen (secondary N) is 1. The second kappa shape index (κ2) is 8.65. The van der Waals surface area contributed by atoms with Crippen molar-refractivity contribution in [2.45, 2.75) is 45.0 Å². The summed E-state index contributed by atoms with van der Waals surface area (Å²) in [6, 6.07) is 0.0869. The maximum Gasteiger partial charge on any atom is 0.407 e. The average Bonchev–Trinajstić information content (AvgIpc) is 2.51. The smallest absolute Gasteiger partial charge is 0.407 e. The van der Waals surface area contributed by atoms with E-state index in [2.05, 4.69) is 15.3 Å². The highest BCUT2D eigenvalue weighted by Crippen LogP contribution is 2.27. The maximum atomic E-state index is 11.5. The van der Waals surface area contributed by atoms with E-state index in [0.29, 0.717) is 0 Å². The molecule has 0 saturated heterocycles. The minimum Gasteiger partial charge on any atom is -0.481 e. The molecule has 0 aliphatic rings. The van der Waals surface area contributed by atoms with Crippen LogP contribution in [0.25, 0.3) is 0 Å². The standard InChI is InChI=1S/C15H25N3O6/c1-15(2,3)24-14(21)16-7-6-10(19)11(20)9-8-17-13(23-5)18-12(9)22-4/h8,10-11,19-20H,6-7H2,1-5H3,(H,16,21). The first-order valence-electron chi connectivity index (χ1n) is 7.46. The van der Waals surface area contributed by atoms with Gasteiger partial charge >= 0.3 is 12.1 Å². The summed E-state index contributed by atoms with van der Waals surface area (Å²) < 4.78 is 15.0. The zero-order valence-electron chi connectivity index (χ0n) is 14.6. The number of aliphatic hydroxyl groups is 2. The van der Waals surface area contributed by atoms with Gasteiger partial charge in [-0.3, -0.25) is 0 Å². The van der Waals surface area contributed by atoms with Crippen molar-refractivity contribution in [2.24, 2.45) is 0 Å². The van der Waals surface area contributed by atoms with Gasteiger partial charge in [0.15, 0.2) is 0 Å². The lowest BCUT2D eigenvalue weighted by Crippen LogP contribution is -2.34. The Morgan fingerprint density at radius 3 is 2.50 bits per heavy atom. The number of ether oxygens (including phenoxy) is 3. The second-order valence-electron chi connectivity index (χ2n) is 6.05. The van der Waals surface area contributed by atoms with E-state index in [0.717, 1.165) is 0 Å². The number of hydrogen-bond acceptors (Lipinski definition) is 8. The Bertz CT molecular complexity index is 547. The first-order chi connectivity index (χ1) is 11.2. The number of carbonyl (C=O) groups is 1. The minimum absolute atomic E-state index is 0.0869. The third-order valence-electron chi connectivity index (χ3n) is 2.93. The van der Waals surface area contributed by atoms with Gasteiger partial charge in [-0.1, -0.05) is 0 Å². The summed E-state index contributed by atoms with van der Waals surface area (Å²) in [5, 5.41) is 22.8. The van der Waals surface area contributed by atoms with Crippen LogP contribution < -0.4 is 14.8 Å². The second-order valence-corrected chi connectivity index (χ2v) is 6.05. The summed E-state index contributed by atoms with van der Waals surface area (Å²) in [6.07, 6.45) is -1.58. The summed E-state index contributed by atoms with van der Waals surface area (Å²) in [5.41, 5.74) is -0.376. The predicted molar refractivity (Wildman–Crippen MR) is 85.0 cm³/mol. The van der Waals surface area contributed by atoms with Gasteiger partial charge in [0, 0.05) is 12.7 Å². The highest BCUT2D eigenvalue weighted by atomic mass is 16.6. The lowest BCUT2D eigenvalue weighted by molar-refractivity contribution is 0.0104. The summed E-state index contributed by atoms with van der Waals surface area (Å²) in [7, 11) is 2.79. The van der Waals surface area contributed by atoms with Gasteiger partial charge in [-0.2, -0.15) is 4.98 Å². The number of aromatic nitrogens is 2. The van der Waals surface area contributed by atoms with E-state index in [1.165, 1.54) is 20.4 Å². The molecule has 0 aliphatic carbocycles. The van der Waals surface area contributed by atoms with Crippen LogP contribution >= 0.6 is 0 Å². The van der Waals surface area contributed by atoms with Gasteiger partial charge in [0.25, 0.3) is 0 Å². The number of aliphatic hydroxyl groups excluding tert-OH is 2. The number of carbonyl (C=O) groups excluding carboxylic acids is 1. The fraction of sp³-hybridized carbons (Fsp3) is 0.667. The highest BCUT2D eigenvalue weighted by molar-refractivity contribution is 5.67. The Kier molecular flexibility index (Phi) is 7.18. The van der Waals surface area contributed by atoms with Crippen LogP contribution in [0, 0.1) is 0 Å². The van der Waals surface area contributed by atoms with Crippen molar-refractivity contribution in [1.29, 1.82) is 0 Å². The van der Waals surface area contributed by atoms with Crippen molar-refractivity contribution in [2.75, 3.05) is 20.8 Å². The van der Waals surface area contributed by atoms with Gasteiger partial charge in [-0.05, 0) is 27.2 Å². The third kappa shape index (κ3) is 6.17. The fourth-order valence-corrected chi connectivity index (χ4v) is 1.83. The molecule has 2 unspecified atom stereocenters. The summed E-state index contributed by atoms with van der Waals surface area (Å²) in [6.45, 7) is 5.38. The maximum absolute atomic E-state index is 11.5. The van der Waals surface area contributed by atoms with Crippen LogP contribution in [-0.4, -0.2) is 58.7 Å². The lowest BCUT2D eigenvalue weighted by atomic mass is 10.0. The first-order valence-corrected chi connectivity index (χ1v) is 7.46. The van der Waals surface area contributed by atoms with Crippen molar-refractivity contribution in [1.82, 2.24) is 15.3 Å². The van der Waals surface area contributed by atoms with E-state index < -0.39 is 23.9 Å². The molecule has 3 N–H and O–H groups in total. The summed E-state index contributed by atoms with van der Waals surface area (Å²) >= 11 is 0. The van der Waals surface area contributed by atoms with Crippen LogP contribution in [-0.2, 0) is 4.74 Å². The lowest BCUT2D eigenvalue weighted by Gasteiger charge is -2.21. The molecule has 0 aromatic carbocycles. The molecule has 1 aromatic rings. The molecule has 136 valence electrons. The molecule has 0 fully saturated rings. The van der Waals surface area contributed by atoms with Crippen LogP contribution in [0.4, 0.5) is 4.79 Å². The molecule has 9 heteroatoms. The summed E-state index contributed by atoms with van der Waals surface area (Å²) in [5.74, 6) is 0.105. The molecule has 1 rings (SSSR count). The zero-order valence-corrected chi connectivity index (χ0v) is 14.6. The van der Waals surface area contributed by atoms with E-state index in [4.69, 9.17) is 14.2 Å². The molecule has 0 spiro atoms. The quantitative estimate of drug-likeness (QED) is 0.664. The molecular formula is C15H25N3O6. The number of alkyl carbamates (subject to hydrolysis) is 1. The molecule has 1 aromatic heterocycles. The Hall–Kier alpha value is -2.13. The number of amides is 1. The van der Waals surface area contributed by atoms with Crippen LogP contribution in [0.3, 0.4) is 0 Å². The Labute approximate surface area is 141 Å². The number of rotatable bonds is 7. The topological polar surface area (TPSA) is 123 Å². The average molecular weight is 343 g/mol. The molecule has 2 atom stereocenters. The highest BCUT2D eigenvalue weighted by Gasteiger charge is 2.24. The Morgan fingerprint density at radius 2 is 1.96 bits per heavy atom. The predicted octanol–water partition coefficient (Wildman–Crippen LogP) is 0.803. The fourth-order valence-electron chi connectivity index (χ4n) is 1.83. The van der Waals surface area contributed by atoms with Crippen LogP contribution in [0.2, 0.25) is 0 Å². The van der Waals surface area contributed by atoms with Gasteiger partial charge in [-0.25, -0.2) is 9.78 Å². The van der Waals surface area contributed by atoms with E-state index in [1.807, 2.05) is 0 Å². The Balaban J connectivity index is 2.59. The van der Waals surface area contributed by atoms with Crippen molar-refractivity contribution in [3.05, 3.63) is 11.8 Å². The largest absolute Gasteiger partial charge is 0.481 e. The third-order valence-corrected chi connectivity index (χ3v) is 2.93. The van der Waals surface area contributed by atoms with E-state index >= 15 is 0 Å². The first kappa shape index (κ1) is 19.9. The molecule has 0 radical (unpaired) electrons. The molecular weight excluding hydrogens is 318 g/mol. The molecule has 9 nitrogen and oxygen atoms in total. The molecule has 24 heavy (non-hydrogen) atoms. The van der Waals surface area contributed by atoms with E-state index in [9.17, 15) is 15.0 Å². The molecule has 0 bridgehead atoms. The minimum atomic E-state index is -1.27. The zero-order chi connectivity index (χ0) is 18.3. The Morgan fingerprint density at radius 1 is 1.29 bits per heavy atom. The SMILES string of the molecule is COc1ncc(C(O)C(O)CCNC(=O)OC(C)(C)C)c(OC)n1. The van der Waals surface area contributed by atoms with Crippen LogP contribution in [0.15, 0.2) is 6.20 Å². The monoisotopic (exact) mass is 343 g/mol. The van der Waals surface area contributed by atoms with Gasteiger partial charge in [-0.15, -0.1) is 0 Å². The normalized spacial score (nSPS) is 13.8. The van der Waals surface area contributed by atoms with Crippen LogP contribution in [0.5, 0.6) is 11.9 Å². The number of nitrogens with zero attached hydrogens (tertiary/aromatic N) is 2. The van der Waals surface area contributed by atoms with Crippen molar-refractivity contribution < 1.29 is 29.2 Å². The van der Waals surface area contributed by atoms with E-state index in [1.54, 1.807) is 20.8 Å². The number of hydrogen-bond donors (Lipinski definition) is 3.